The van der Waals surface area contributed by atoms with Gasteiger partial charge in [0.1, 0.15) is 0 Å². The molecule has 1 aromatic carbocycles. The monoisotopic (exact) mass is 308 g/mol. The normalized spacial score (nSPS) is 16.1. The topological polar surface area (TPSA) is 59.0 Å². The molecule has 1 atom stereocenters. The number of amides is 1. The zero-order valence-electron chi connectivity index (χ0n) is 12.3. The van der Waals surface area contributed by atoms with Gasteiger partial charge >= 0.3 is 0 Å². The van der Waals surface area contributed by atoms with Crippen LogP contribution in [0.4, 0.5) is 5.95 Å². The lowest BCUT2D eigenvalue weighted by molar-refractivity contribution is -0.121. The van der Waals surface area contributed by atoms with Crippen LogP contribution in [0.2, 0.25) is 0 Å². The van der Waals surface area contributed by atoms with Gasteiger partial charge in [-0.25, -0.2) is 4.98 Å². The molecular formula is C15H21ClN4O. The van der Waals surface area contributed by atoms with E-state index in [1.165, 1.54) is 0 Å². The van der Waals surface area contributed by atoms with Gasteiger partial charge in [-0.15, -0.1) is 12.4 Å². The van der Waals surface area contributed by atoms with Gasteiger partial charge in [0.25, 0.3) is 0 Å². The highest BCUT2D eigenvalue weighted by molar-refractivity contribution is 5.93. The van der Waals surface area contributed by atoms with Crippen LogP contribution in [0.5, 0.6) is 0 Å². The number of carbonyl (C=O) groups is 1. The predicted octanol–water partition coefficient (Wildman–Crippen LogP) is 2.27. The standard InChI is InChI=1S/C15H20N4O.ClH/c1-3-19-13-7-5-4-6-12(13)17-15(19)18-14(20)10(2)11-8-16-9-11;/h4-7,10-11,16H,3,8-9H2,1-2H3,(H,17,18,20);1H. The third kappa shape index (κ3) is 2.89. The third-order valence-electron chi connectivity index (χ3n) is 4.14. The second-order valence-corrected chi connectivity index (χ2v) is 5.36. The van der Waals surface area contributed by atoms with Gasteiger partial charge in [-0.05, 0) is 38.1 Å². The first kappa shape index (κ1) is 15.8. The summed E-state index contributed by atoms with van der Waals surface area (Å²) in [6.45, 7) is 6.69. The molecule has 5 nitrogen and oxygen atoms in total. The lowest BCUT2D eigenvalue weighted by atomic mass is 9.88. The summed E-state index contributed by atoms with van der Waals surface area (Å²) < 4.78 is 2.04. The third-order valence-corrected chi connectivity index (χ3v) is 4.14. The van der Waals surface area contributed by atoms with Crippen molar-refractivity contribution in [2.75, 3.05) is 18.4 Å². The van der Waals surface area contributed by atoms with Crippen molar-refractivity contribution in [3.05, 3.63) is 24.3 Å². The van der Waals surface area contributed by atoms with Crippen LogP contribution >= 0.6 is 12.4 Å². The van der Waals surface area contributed by atoms with E-state index in [9.17, 15) is 4.79 Å². The molecule has 0 aliphatic carbocycles. The molecule has 1 amide bonds. The number of carbonyl (C=O) groups excluding carboxylic acids is 1. The highest BCUT2D eigenvalue weighted by Gasteiger charge is 2.29. The largest absolute Gasteiger partial charge is 0.316 e. The van der Waals surface area contributed by atoms with Crippen LogP contribution in [-0.2, 0) is 11.3 Å². The molecule has 1 aromatic heterocycles. The average Bonchev–Trinajstić information content (AvgIpc) is 2.73. The zero-order chi connectivity index (χ0) is 14.1. The Kier molecular flexibility index (Phi) is 4.85. The number of nitrogens with zero attached hydrogens (tertiary/aromatic N) is 2. The van der Waals surface area contributed by atoms with E-state index in [2.05, 4.69) is 22.5 Å². The van der Waals surface area contributed by atoms with Gasteiger partial charge in [0.05, 0.1) is 11.0 Å². The number of rotatable bonds is 4. The lowest BCUT2D eigenvalue weighted by Gasteiger charge is -2.31. The minimum atomic E-state index is 0. The Bertz CT molecular complexity index is 636. The second-order valence-electron chi connectivity index (χ2n) is 5.36. The number of aromatic nitrogens is 2. The number of hydrogen-bond donors (Lipinski definition) is 2. The van der Waals surface area contributed by atoms with Gasteiger partial charge in [0.15, 0.2) is 0 Å². The van der Waals surface area contributed by atoms with E-state index in [4.69, 9.17) is 0 Å². The predicted molar refractivity (Wildman–Crippen MR) is 86.8 cm³/mol. The molecule has 114 valence electrons. The van der Waals surface area contributed by atoms with Crippen molar-refractivity contribution in [2.24, 2.45) is 11.8 Å². The van der Waals surface area contributed by atoms with Gasteiger partial charge in [-0.2, -0.15) is 0 Å². The molecule has 2 aromatic rings. The van der Waals surface area contributed by atoms with Crippen molar-refractivity contribution < 1.29 is 4.79 Å². The van der Waals surface area contributed by atoms with Gasteiger partial charge < -0.3 is 9.88 Å². The summed E-state index contributed by atoms with van der Waals surface area (Å²) in [7, 11) is 0. The van der Waals surface area contributed by atoms with Crippen molar-refractivity contribution in [3.8, 4) is 0 Å². The molecule has 1 saturated heterocycles. The molecule has 2 N–H and O–H groups in total. The summed E-state index contributed by atoms with van der Waals surface area (Å²) in [5.41, 5.74) is 1.98. The molecule has 6 heteroatoms. The molecule has 0 spiro atoms. The van der Waals surface area contributed by atoms with Crippen LogP contribution in [0.1, 0.15) is 13.8 Å². The fourth-order valence-corrected chi connectivity index (χ4v) is 2.59. The highest BCUT2D eigenvalue weighted by Crippen LogP contribution is 2.22. The Morgan fingerprint density at radius 1 is 1.48 bits per heavy atom. The summed E-state index contributed by atoms with van der Waals surface area (Å²) in [5, 5.41) is 6.19. The summed E-state index contributed by atoms with van der Waals surface area (Å²) in [5.74, 6) is 1.16. The van der Waals surface area contributed by atoms with E-state index in [1.54, 1.807) is 0 Å². The number of anilines is 1. The summed E-state index contributed by atoms with van der Waals surface area (Å²) in [6.07, 6.45) is 0. The van der Waals surface area contributed by atoms with E-state index in [-0.39, 0.29) is 24.2 Å². The average molecular weight is 309 g/mol. The van der Waals surface area contributed by atoms with Gasteiger partial charge in [0, 0.05) is 12.5 Å². The molecule has 1 aliphatic rings. The summed E-state index contributed by atoms with van der Waals surface area (Å²) in [4.78, 5) is 16.8. The number of aryl methyl sites for hydroxylation is 1. The molecule has 0 radical (unpaired) electrons. The molecule has 2 heterocycles. The number of fused-ring (bicyclic) bond motifs is 1. The van der Waals surface area contributed by atoms with E-state index < -0.39 is 0 Å². The van der Waals surface area contributed by atoms with E-state index in [0.29, 0.717) is 11.9 Å². The minimum Gasteiger partial charge on any atom is -0.316 e. The number of imidazole rings is 1. The van der Waals surface area contributed by atoms with E-state index in [1.807, 2.05) is 35.8 Å². The van der Waals surface area contributed by atoms with Crippen LogP contribution in [0, 0.1) is 11.8 Å². The first-order chi connectivity index (χ1) is 9.70. The summed E-state index contributed by atoms with van der Waals surface area (Å²) >= 11 is 0. The van der Waals surface area contributed by atoms with Crippen molar-refractivity contribution >= 4 is 35.3 Å². The molecule has 1 aliphatic heterocycles. The Morgan fingerprint density at radius 3 is 2.81 bits per heavy atom. The van der Waals surface area contributed by atoms with E-state index in [0.717, 1.165) is 30.7 Å². The van der Waals surface area contributed by atoms with Crippen molar-refractivity contribution in [2.45, 2.75) is 20.4 Å². The smallest absolute Gasteiger partial charge is 0.229 e. The molecule has 21 heavy (non-hydrogen) atoms. The van der Waals surface area contributed by atoms with Crippen LogP contribution in [-0.4, -0.2) is 28.5 Å². The Hall–Kier alpha value is -1.59. The number of nitrogens with one attached hydrogen (secondary N) is 2. The van der Waals surface area contributed by atoms with Crippen molar-refractivity contribution in [3.63, 3.8) is 0 Å². The Labute approximate surface area is 130 Å². The Morgan fingerprint density at radius 2 is 2.19 bits per heavy atom. The summed E-state index contributed by atoms with van der Waals surface area (Å²) in [6, 6.07) is 7.95. The second kappa shape index (κ2) is 6.45. The van der Waals surface area contributed by atoms with Gasteiger partial charge in [0.2, 0.25) is 11.9 Å². The maximum atomic E-state index is 12.3. The van der Waals surface area contributed by atoms with Crippen LogP contribution in [0.25, 0.3) is 11.0 Å². The maximum absolute atomic E-state index is 12.3. The van der Waals surface area contributed by atoms with Crippen LogP contribution in [0.3, 0.4) is 0 Å². The van der Waals surface area contributed by atoms with Crippen LogP contribution < -0.4 is 10.6 Å². The fraction of sp³-hybridized carbons (Fsp3) is 0.467. The number of hydrogen-bond acceptors (Lipinski definition) is 3. The van der Waals surface area contributed by atoms with Crippen molar-refractivity contribution in [1.82, 2.24) is 14.9 Å². The maximum Gasteiger partial charge on any atom is 0.229 e. The molecule has 0 bridgehead atoms. The van der Waals surface area contributed by atoms with Gasteiger partial charge in [-0.3, -0.25) is 10.1 Å². The quantitative estimate of drug-likeness (QED) is 0.911. The van der Waals surface area contributed by atoms with E-state index >= 15 is 0 Å². The van der Waals surface area contributed by atoms with Gasteiger partial charge in [-0.1, -0.05) is 19.1 Å². The number of benzene rings is 1. The molecule has 0 saturated carbocycles. The van der Waals surface area contributed by atoms with Crippen LogP contribution in [0.15, 0.2) is 24.3 Å². The first-order valence-electron chi connectivity index (χ1n) is 7.17. The molecular weight excluding hydrogens is 288 g/mol. The number of para-hydroxylation sites is 2. The highest BCUT2D eigenvalue weighted by atomic mass is 35.5. The lowest BCUT2D eigenvalue weighted by Crippen LogP contribution is -2.48. The van der Waals surface area contributed by atoms with Crippen molar-refractivity contribution in [1.29, 1.82) is 0 Å². The zero-order valence-corrected chi connectivity index (χ0v) is 13.1. The molecule has 3 rings (SSSR count). The molecule has 1 unspecified atom stereocenters. The molecule has 1 fully saturated rings. The minimum absolute atomic E-state index is 0. The number of halogens is 1. The SMILES string of the molecule is CCn1c(NC(=O)C(C)C2CNC2)nc2ccccc21.Cl. The Balaban J connectivity index is 0.00000161. The fourth-order valence-electron chi connectivity index (χ4n) is 2.59. The first-order valence-corrected chi connectivity index (χ1v) is 7.17.